The summed E-state index contributed by atoms with van der Waals surface area (Å²) in [5.74, 6) is -17.6. The van der Waals surface area contributed by atoms with E-state index >= 15 is 28.8 Å². The molecule has 3 aromatic carbocycles. The van der Waals surface area contributed by atoms with Crippen LogP contribution in [0.3, 0.4) is 0 Å². The van der Waals surface area contributed by atoms with E-state index in [1.165, 1.54) is 88.0 Å². The number of thiophene rings is 1. The fraction of sp³-hybridized carbons (Fsp3) is 0.506. The molecule has 3 aliphatic rings. The topological polar surface area (TPSA) is 646 Å². The molecule has 6 aromatic rings. The molecule has 6 heterocycles. The number of benzene rings is 3. The molecule has 43 nitrogen and oxygen atoms in total. The van der Waals surface area contributed by atoms with Crippen LogP contribution in [0.5, 0.6) is 5.75 Å². The summed E-state index contributed by atoms with van der Waals surface area (Å²) >= 11 is 3.42. The van der Waals surface area contributed by atoms with Crippen molar-refractivity contribution in [1.29, 1.82) is 5.41 Å². The first kappa shape index (κ1) is 104. The molecule has 133 heavy (non-hydrogen) atoms. The van der Waals surface area contributed by atoms with Crippen molar-refractivity contribution in [3.05, 3.63) is 119 Å². The Bertz CT molecular complexity index is 5160. The number of phenolic OH excluding ortho intramolecular Hbond substituents is 1. The third kappa shape index (κ3) is 28.8. The number of likely N-dealkylation sites (N-methyl/N-ethyl adjacent to an activating group) is 3. The minimum atomic E-state index is -1.87. The van der Waals surface area contributed by atoms with Crippen LogP contribution in [0.15, 0.2) is 96.9 Å². The van der Waals surface area contributed by atoms with E-state index in [9.17, 15) is 68.1 Å². The molecular weight excluding hydrogens is 1780 g/mol. The number of carbonyl (C=O) groups excluding carboxylic acids is 17. The number of imidazole rings is 1. The van der Waals surface area contributed by atoms with Crippen molar-refractivity contribution in [3.63, 3.8) is 0 Å². The van der Waals surface area contributed by atoms with E-state index in [1.807, 2.05) is 25.1 Å². The summed E-state index contributed by atoms with van der Waals surface area (Å²) in [5.41, 5.74) is 19.1. The quantitative estimate of drug-likeness (QED) is 0.0149. The standard InChI is InChI=1S/C87H119N23O20S3/c1-7-8-20-68-86(130)107(4)65(28-32-131-6)79(123)98-56(19-13-29-93-87(90)91)75(119)105-64(74(118)95-40-71(89)115)44-132-45-72(116)97-59(33-48-24-26-52(113)27-25-48)82(126)106(3)47(2)73(117)101-61(37-70(88)114)84(128)109-30-14-21-66(109)81(125)100-58(36-51-39-92-46-96-51)77(121)104-63(42-112)85(129)110-31-15-22-67(110)80(124)99-57(34-49-38-94-55-18-11-9-16-53(49)55)76(120)103-62(41-111)78(122)102-60(83(127)108(68)5)35-50-43-133-69-23-12-10-17-54(50)69/h9-12,16-18,23-27,38-39,43,46-47,56-68,94,111-113H,7-8,13-15,19-22,28-37,40-42,44-45H2,1-6H3,(H2,88,114)(H2,89,115)(H,92,96)(H,95,118)(H,97,116)(H,98,123)(H,99,124)(H,100,125)(H,101,117)(H,102,122)(H,103,120)(H,104,121)(H,105,119)(H4,90,91,93)/t47-,56-,57-,58-,59-,60-,61-,62-,63-,64?,65-,66-,67-,68-/m0/s1. The predicted molar refractivity (Wildman–Crippen MR) is 493 cm³/mol. The highest BCUT2D eigenvalue weighted by molar-refractivity contribution is 8.00. The number of aromatic hydroxyl groups is 1. The summed E-state index contributed by atoms with van der Waals surface area (Å²) in [6.45, 7) is -0.0287. The number of phenols is 1. The van der Waals surface area contributed by atoms with Gasteiger partial charge in [0.05, 0.1) is 38.3 Å². The molecule has 720 valence electrons. The Balaban J connectivity index is 1.09. The third-order valence-electron chi connectivity index (χ3n) is 23.4. The third-order valence-corrected chi connectivity index (χ3v) is 26.1. The van der Waals surface area contributed by atoms with Gasteiger partial charge in [0.2, 0.25) is 100 Å². The number of aliphatic hydroxyl groups excluding tert-OH is 2. The molecule has 0 saturated carbocycles. The van der Waals surface area contributed by atoms with E-state index < -0.39 is 229 Å². The molecule has 3 aliphatic heterocycles. The lowest BCUT2D eigenvalue weighted by atomic mass is 10.0. The Morgan fingerprint density at radius 2 is 1.12 bits per heavy atom. The smallest absolute Gasteiger partial charge is 0.248 e. The van der Waals surface area contributed by atoms with Gasteiger partial charge in [-0.1, -0.05) is 68.3 Å². The second-order valence-electron chi connectivity index (χ2n) is 32.9. The molecule has 1 unspecified atom stereocenters. The highest BCUT2D eigenvalue weighted by Crippen LogP contribution is 2.30. The van der Waals surface area contributed by atoms with Crippen molar-refractivity contribution in [2.45, 2.75) is 195 Å². The molecule has 0 spiro atoms. The maximum atomic E-state index is 15.7. The van der Waals surface area contributed by atoms with Gasteiger partial charge >= 0.3 is 0 Å². The average molecular weight is 1900 g/mol. The fourth-order valence-electron chi connectivity index (χ4n) is 16.0. The van der Waals surface area contributed by atoms with Crippen LogP contribution in [0.25, 0.3) is 21.0 Å². The normalized spacial score (nSPS) is 24.3. The fourth-order valence-corrected chi connectivity index (χ4v) is 18.3. The van der Waals surface area contributed by atoms with Crippen LogP contribution < -0.4 is 75.7 Å². The molecule has 3 fully saturated rings. The Morgan fingerprint density at radius 1 is 0.556 bits per heavy atom. The van der Waals surface area contributed by atoms with Crippen molar-refractivity contribution in [3.8, 4) is 5.75 Å². The summed E-state index contributed by atoms with van der Waals surface area (Å²) in [7, 11) is 3.90. The number of aromatic nitrogens is 3. The van der Waals surface area contributed by atoms with Crippen LogP contribution >= 0.6 is 34.9 Å². The summed E-state index contributed by atoms with van der Waals surface area (Å²) in [6, 6.07) is -2.20. The van der Waals surface area contributed by atoms with Gasteiger partial charge < -0.3 is 125 Å². The molecule has 3 aromatic heterocycles. The molecule has 0 radical (unpaired) electrons. The van der Waals surface area contributed by atoms with E-state index in [0.717, 1.165) is 41.0 Å². The number of rotatable bonds is 25. The van der Waals surface area contributed by atoms with Crippen LogP contribution in [0.2, 0.25) is 0 Å². The molecule has 23 N–H and O–H groups in total. The first-order valence-corrected chi connectivity index (χ1v) is 47.1. The molecule has 14 atom stereocenters. The molecule has 3 saturated heterocycles. The van der Waals surface area contributed by atoms with Gasteiger partial charge in [-0.15, -0.1) is 23.1 Å². The Kier molecular flexibility index (Phi) is 39.1. The highest BCUT2D eigenvalue weighted by Gasteiger charge is 2.46. The highest BCUT2D eigenvalue weighted by atomic mass is 32.2. The number of carbonyl (C=O) groups is 17. The van der Waals surface area contributed by atoms with Crippen molar-refractivity contribution >= 4 is 162 Å². The number of nitrogens with one attached hydrogen (secondary N) is 14. The zero-order chi connectivity index (χ0) is 96.9. The maximum Gasteiger partial charge on any atom is 0.248 e. The first-order valence-electron chi connectivity index (χ1n) is 43.6. The van der Waals surface area contributed by atoms with Gasteiger partial charge in [0.15, 0.2) is 5.96 Å². The molecule has 0 aliphatic carbocycles. The Hall–Kier alpha value is -13.0. The van der Waals surface area contributed by atoms with Crippen LogP contribution in [0, 0.1) is 5.41 Å². The van der Waals surface area contributed by atoms with E-state index in [0.29, 0.717) is 45.8 Å². The summed E-state index contributed by atoms with van der Waals surface area (Å²) in [5, 5.41) is 72.1. The van der Waals surface area contributed by atoms with E-state index in [1.54, 1.807) is 48.2 Å². The molecule has 9 rings (SSSR count). The molecule has 46 heteroatoms. The predicted octanol–water partition coefficient (Wildman–Crippen LogP) is -3.66. The average Bonchev–Trinajstić information content (AvgIpc) is 1.78. The summed E-state index contributed by atoms with van der Waals surface area (Å²) < 4.78 is 0.813. The number of H-pyrrole nitrogens is 2. The number of guanidine groups is 1. The minimum Gasteiger partial charge on any atom is -0.508 e. The van der Waals surface area contributed by atoms with Crippen LogP contribution in [0.4, 0.5) is 0 Å². The molecule has 0 bridgehead atoms. The SMILES string of the molecule is CCCC[C@H]1C(=O)N(C)[C@@H](CCSC)C(=O)N[C@@H](CCCNC(=N)N)C(=O)NC(C(=O)NCC(N)=O)CSCC(=O)N[C@@H](Cc2ccc(O)cc2)C(=O)N(C)[C@@H](C)C(=O)N[C@@H](CC(N)=O)C(=O)N2CCC[C@H]2C(=O)N[C@@H](Cc2cnc[nH]2)C(=O)N[C@@H](CO)C(=O)N2CCC[C@H]2C(=O)N[C@@H](Cc2c[nH]c3ccccc23)C(=O)N[C@@H](CO)C(=O)N[C@@H](Cc2csc3ccccc23)C(=O)N1C. The number of nitrogens with two attached hydrogens (primary N) is 3. The lowest BCUT2D eigenvalue weighted by Gasteiger charge is -2.36. The van der Waals surface area contributed by atoms with Crippen molar-refractivity contribution < 1.29 is 96.8 Å². The number of thioether (sulfide) groups is 2. The van der Waals surface area contributed by atoms with Gasteiger partial charge in [-0.3, -0.25) is 86.9 Å². The van der Waals surface area contributed by atoms with Gasteiger partial charge in [-0.05, 0) is 122 Å². The monoisotopic (exact) mass is 1900 g/mol. The minimum absolute atomic E-state index is 0.00563. The number of para-hydroxylation sites is 1. The lowest BCUT2D eigenvalue weighted by molar-refractivity contribution is -0.149. The zero-order valence-electron chi connectivity index (χ0n) is 74.7. The van der Waals surface area contributed by atoms with Crippen molar-refractivity contribution in [1.82, 2.24) is 97.9 Å². The van der Waals surface area contributed by atoms with E-state index in [4.69, 9.17) is 22.6 Å². The lowest BCUT2D eigenvalue weighted by Crippen LogP contribution is -2.62. The maximum absolute atomic E-state index is 15.7. The van der Waals surface area contributed by atoms with Crippen molar-refractivity contribution in [2.75, 3.05) is 84.1 Å². The van der Waals surface area contributed by atoms with Gasteiger partial charge in [0, 0.05) is 106 Å². The van der Waals surface area contributed by atoms with Gasteiger partial charge in [-0.2, -0.15) is 11.8 Å². The van der Waals surface area contributed by atoms with E-state index in [-0.39, 0.29) is 114 Å². The Labute approximate surface area is 779 Å². The second kappa shape index (κ2) is 50.1. The number of hydrogen-bond donors (Lipinski definition) is 20. The van der Waals surface area contributed by atoms with Crippen molar-refractivity contribution in [2.24, 2.45) is 17.2 Å². The summed E-state index contributed by atoms with van der Waals surface area (Å²) in [6.07, 6.45) is 4.94. The molecular formula is C87H119N23O20S3. The number of hydrogen-bond acceptors (Lipinski definition) is 25. The first-order chi connectivity index (χ1) is 63.5. The number of nitrogens with zero attached hydrogens (tertiary/aromatic N) is 6. The van der Waals surface area contributed by atoms with Gasteiger partial charge in [0.1, 0.15) is 90.3 Å². The number of amides is 17. The number of primary amides is 2. The van der Waals surface area contributed by atoms with Crippen LogP contribution in [0.1, 0.15) is 107 Å². The number of unbranched alkanes of at least 4 members (excludes halogenated alkanes) is 1. The van der Waals surface area contributed by atoms with Gasteiger partial charge in [-0.25, -0.2) is 4.98 Å². The number of fused-ring (bicyclic) bond motifs is 4. The Morgan fingerprint density at radius 3 is 1.74 bits per heavy atom. The zero-order valence-corrected chi connectivity index (χ0v) is 77.2. The van der Waals surface area contributed by atoms with E-state index in [2.05, 4.69) is 73.4 Å². The van der Waals surface area contributed by atoms with Crippen LogP contribution in [-0.2, 0) is 107 Å². The molecule has 17 amide bonds. The number of aliphatic hydroxyl groups is 2. The largest absolute Gasteiger partial charge is 0.508 e. The summed E-state index contributed by atoms with van der Waals surface area (Å²) in [4.78, 5) is 264. The second-order valence-corrected chi connectivity index (χ2v) is 35.8. The number of aromatic amines is 2. The van der Waals surface area contributed by atoms with Gasteiger partial charge in [0.25, 0.3) is 0 Å². The van der Waals surface area contributed by atoms with Crippen LogP contribution in [-0.4, -0.2) is 330 Å².